The van der Waals surface area contributed by atoms with Crippen molar-refractivity contribution in [3.05, 3.63) is 30.1 Å². The Hall–Kier alpha value is -1.62. The molecule has 0 spiro atoms. The molecular formula is C10H11FN2O2. The summed E-state index contributed by atoms with van der Waals surface area (Å²) in [4.78, 5) is 11.3. The number of halogens is 1. The van der Waals surface area contributed by atoms with Gasteiger partial charge in [-0.25, -0.2) is 9.18 Å². The number of hydrogen-bond acceptors (Lipinski definition) is 2. The molecule has 1 fully saturated rings. The van der Waals surface area contributed by atoms with Crippen molar-refractivity contribution in [1.82, 2.24) is 5.32 Å². The molecule has 0 aliphatic heterocycles. The second-order valence-electron chi connectivity index (χ2n) is 3.49. The lowest BCUT2D eigenvalue weighted by molar-refractivity contribution is 0.203. The number of nitrogens with one attached hydrogen (secondary N) is 1. The van der Waals surface area contributed by atoms with Gasteiger partial charge in [0.15, 0.2) is 0 Å². The van der Waals surface area contributed by atoms with Gasteiger partial charge >= 0.3 is 6.03 Å². The predicted octanol–water partition coefficient (Wildman–Crippen LogP) is 1.89. The minimum absolute atomic E-state index is 0.124. The number of carbonyl (C=O) groups is 1. The molecule has 15 heavy (non-hydrogen) atoms. The van der Waals surface area contributed by atoms with Crippen LogP contribution in [0.2, 0.25) is 0 Å². The van der Waals surface area contributed by atoms with Crippen LogP contribution in [-0.2, 0) is 0 Å². The van der Waals surface area contributed by atoms with Crippen LogP contribution in [0, 0.1) is 5.82 Å². The van der Waals surface area contributed by atoms with E-state index >= 15 is 0 Å². The molecule has 2 rings (SSSR count). The van der Waals surface area contributed by atoms with Crippen LogP contribution in [0.3, 0.4) is 0 Å². The zero-order chi connectivity index (χ0) is 10.8. The van der Waals surface area contributed by atoms with E-state index in [0.29, 0.717) is 5.06 Å². The fourth-order valence-electron chi connectivity index (χ4n) is 1.20. The number of benzene rings is 1. The van der Waals surface area contributed by atoms with E-state index in [9.17, 15) is 14.4 Å². The van der Waals surface area contributed by atoms with E-state index in [4.69, 9.17) is 0 Å². The summed E-state index contributed by atoms with van der Waals surface area (Å²) in [6.07, 6.45) is 1.83. The Morgan fingerprint density at radius 1 is 1.47 bits per heavy atom. The summed E-state index contributed by atoms with van der Waals surface area (Å²) in [6, 6.07) is 4.99. The van der Waals surface area contributed by atoms with E-state index in [-0.39, 0.29) is 11.7 Å². The van der Waals surface area contributed by atoms with Crippen molar-refractivity contribution in [1.29, 1.82) is 0 Å². The van der Waals surface area contributed by atoms with Gasteiger partial charge in [-0.05, 0) is 25.0 Å². The molecule has 0 radical (unpaired) electrons. The molecule has 4 nitrogen and oxygen atoms in total. The number of carbonyl (C=O) groups excluding carboxylic acids is 1. The van der Waals surface area contributed by atoms with Crippen LogP contribution in [0.5, 0.6) is 0 Å². The smallest absolute Gasteiger partial charge is 0.333 e. The number of urea groups is 1. The molecule has 2 N–H and O–H groups in total. The topological polar surface area (TPSA) is 52.6 Å². The first-order chi connectivity index (χ1) is 7.18. The van der Waals surface area contributed by atoms with Gasteiger partial charge in [-0.15, -0.1) is 0 Å². The normalized spacial score (nSPS) is 14.8. The molecule has 0 atom stereocenters. The summed E-state index contributed by atoms with van der Waals surface area (Å²) in [5.41, 5.74) is -0.143. The highest BCUT2D eigenvalue weighted by atomic mass is 19.1. The molecule has 80 valence electrons. The van der Waals surface area contributed by atoms with Gasteiger partial charge in [-0.3, -0.25) is 5.21 Å². The molecule has 0 heterocycles. The largest absolute Gasteiger partial charge is 0.346 e. The first-order valence-corrected chi connectivity index (χ1v) is 4.72. The Balaban J connectivity index is 2.08. The minimum atomic E-state index is -0.692. The van der Waals surface area contributed by atoms with E-state index in [0.717, 1.165) is 12.8 Å². The summed E-state index contributed by atoms with van der Waals surface area (Å²) < 4.78 is 13.2. The number of nitrogens with zero attached hydrogens (tertiary/aromatic N) is 1. The fraction of sp³-hybridized carbons (Fsp3) is 0.300. The van der Waals surface area contributed by atoms with Crippen molar-refractivity contribution in [2.75, 3.05) is 5.06 Å². The number of rotatable bonds is 2. The van der Waals surface area contributed by atoms with Gasteiger partial charge in [0.2, 0.25) is 0 Å². The predicted molar refractivity (Wildman–Crippen MR) is 52.2 cm³/mol. The molecule has 0 bridgehead atoms. The molecule has 0 unspecified atom stereocenters. The van der Waals surface area contributed by atoms with Crippen molar-refractivity contribution in [3.8, 4) is 0 Å². The van der Waals surface area contributed by atoms with Crippen LogP contribution in [0.1, 0.15) is 12.8 Å². The zero-order valence-electron chi connectivity index (χ0n) is 7.98. The van der Waals surface area contributed by atoms with E-state index in [1.807, 2.05) is 0 Å². The van der Waals surface area contributed by atoms with Gasteiger partial charge in [0.1, 0.15) is 11.5 Å². The lowest BCUT2D eigenvalue weighted by Crippen LogP contribution is -2.39. The second-order valence-corrected chi connectivity index (χ2v) is 3.49. The standard InChI is InChI=1S/C10H11FN2O2/c11-8-3-1-2-4-9(8)13(15)10(14)12-7-5-6-7/h1-4,7,15H,5-6H2,(H,12,14). The fourth-order valence-corrected chi connectivity index (χ4v) is 1.20. The lowest BCUT2D eigenvalue weighted by Gasteiger charge is -2.15. The Morgan fingerprint density at radius 2 is 2.13 bits per heavy atom. The van der Waals surface area contributed by atoms with Gasteiger partial charge in [-0.2, -0.15) is 5.06 Å². The summed E-state index contributed by atoms with van der Waals surface area (Å²) in [7, 11) is 0. The van der Waals surface area contributed by atoms with Crippen molar-refractivity contribution >= 4 is 11.7 Å². The summed E-state index contributed by atoms with van der Waals surface area (Å²) in [5.74, 6) is -0.633. The maximum atomic E-state index is 13.2. The molecular weight excluding hydrogens is 199 g/mol. The first-order valence-electron chi connectivity index (χ1n) is 4.72. The van der Waals surface area contributed by atoms with Gasteiger partial charge in [0, 0.05) is 6.04 Å². The maximum Gasteiger partial charge on any atom is 0.346 e. The van der Waals surface area contributed by atoms with Crippen molar-refractivity contribution in [2.45, 2.75) is 18.9 Å². The lowest BCUT2D eigenvalue weighted by atomic mass is 10.3. The summed E-state index contributed by atoms with van der Waals surface area (Å²) in [6.45, 7) is 0. The van der Waals surface area contributed by atoms with Gasteiger partial charge < -0.3 is 5.32 Å². The molecule has 1 aromatic rings. The van der Waals surface area contributed by atoms with Crippen LogP contribution in [0.25, 0.3) is 0 Å². The van der Waals surface area contributed by atoms with Gasteiger partial charge in [0.25, 0.3) is 0 Å². The van der Waals surface area contributed by atoms with Crippen LogP contribution in [0.4, 0.5) is 14.9 Å². The molecule has 0 aromatic heterocycles. The number of anilines is 1. The third-order valence-electron chi connectivity index (χ3n) is 2.18. The molecule has 1 aliphatic carbocycles. The molecule has 0 saturated heterocycles. The van der Waals surface area contributed by atoms with Crippen LogP contribution in [0.15, 0.2) is 24.3 Å². The first kappa shape index (κ1) is 9.92. The molecule has 2 amide bonds. The highest BCUT2D eigenvalue weighted by Gasteiger charge is 2.26. The SMILES string of the molecule is O=C(NC1CC1)N(O)c1ccccc1F. The average molecular weight is 210 g/mol. The quantitative estimate of drug-likeness (QED) is 0.578. The maximum absolute atomic E-state index is 13.2. The molecule has 1 aliphatic rings. The number of para-hydroxylation sites is 1. The summed E-state index contributed by atoms with van der Waals surface area (Å²) in [5, 5.41) is 12.3. The van der Waals surface area contributed by atoms with Crippen LogP contribution in [-0.4, -0.2) is 17.3 Å². The third-order valence-corrected chi connectivity index (χ3v) is 2.18. The monoisotopic (exact) mass is 210 g/mol. The van der Waals surface area contributed by atoms with E-state index in [1.54, 1.807) is 6.07 Å². The van der Waals surface area contributed by atoms with Crippen LogP contribution >= 0.6 is 0 Å². The second kappa shape index (κ2) is 3.86. The Bertz CT molecular complexity index is 379. The highest BCUT2D eigenvalue weighted by Crippen LogP contribution is 2.21. The number of hydrogen-bond donors (Lipinski definition) is 2. The third kappa shape index (κ3) is 2.24. The minimum Gasteiger partial charge on any atom is -0.333 e. The molecule has 5 heteroatoms. The van der Waals surface area contributed by atoms with Crippen molar-refractivity contribution in [3.63, 3.8) is 0 Å². The number of hydroxylamine groups is 1. The molecule has 1 saturated carbocycles. The van der Waals surface area contributed by atoms with Crippen molar-refractivity contribution < 1.29 is 14.4 Å². The van der Waals surface area contributed by atoms with Crippen molar-refractivity contribution in [2.24, 2.45) is 0 Å². The van der Waals surface area contributed by atoms with E-state index < -0.39 is 11.8 Å². The van der Waals surface area contributed by atoms with Gasteiger partial charge in [-0.1, -0.05) is 12.1 Å². The Labute approximate surface area is 86.3 Å². The Morgan fingerprint density at radius 3 is 2.73 bits per heavy atom. The number of amides is 2. The summed E-state index contributed by atoms with van der Waals surface area (Å²) >= 11 is 0. The zero-order valence-corrected chi connectivity index (χ0v) is 7.98. The van der Waals surface area contributed by atoms with E-state index in [2.05, 4.69) is 5.32 Å². The van der Waals surface area contributed by atoms with Crippen LogP contribution < -0.4 is 10.4 Å². The Kier molecular flexibility index (Phi) is 2.55. The van der Waals surface area contributed by atoms with Gasteiger partial charge in [0.05, 0.1) is 0 Å². The average Bonchev–Trinajstić information content (AvgIpc) is 3.01. The highest BCUT2D eigenvalue weighted by molar-refractivity contribution is 5.89. The molecule has 1 aromatic carbocycles. The van der Waals surface area contributed by atoms with E-state index in [1.165, 1.54) is 18.2 Å².